The van der Waals surface area contributed by atoms with Crippen molar-refractivity contribution in [3.8, 4) is 0 Å². The zero-order chi connectivity index (χ0) is 12.1. The van der Waals surface area contributed by atoms with Gasteiger partial charge in [-0.15, -0.1) is 0 Å². The van der Waals surface area contributed by atoms with Gasteiger partial charge in [0.1, 0.15) is 0 Å². The molecule has 2 unspecified atom stereocenters. The van der Waals surface area contributed by atoms with E-state index in [1.807, 2.05) is 18.2 Å². The molecule has 0 radical (unpaired) electrons. The molecule has 0 aromatic heterocycles. The molecule has 3 nitrogen and oxygen atoms in total. The topological polar surface area (TPSA) is 41.1 Å². The van der Waals surface area contributed by atoms with Crippen LogP contribution >= 0.6 is 0 Å². The first-order chi connectivity index (χ1) is 8.25. The SMILES string of the molecule is CC(Cc1ccccc1)NC(=O)C1CCCN1. The van der Waals surface area contributed by atoms with Gasteiger partial charge < -0.3 is 10.6 Å². The van der Waals surface area contributed by atoms with E-state index in [2.05, 4.69) is 29.7 Å². The fraction of sp³-hybridized carbons (Fsp3) is 0.500. The predicted octanol–water partition coefficient (Wildman–Crippen LogP) is 1.49. The van der Waals surface area contributed by atoms with Crippen LogP contribution in [0.25, 0.3) is 0 Å². The minimum atomic E-state index is 0.0215. The smallest absolute Gasteiger partial charge is 0.237 e. The number of carbonyl (C=O) groups excluding carboxylic acids is 1. The van der Waals surface area contributed by atoms with Crippen molar-refractivity contribution in [1.29, 1.82) is 0 Å². The third kappa shape index (κ3) is 3.56. The highest BCUT2D eigenvalue weighted by Crippen LogP contribution is 2.07. The van der Waals surface area contributed by atoms with Gasteiger partial charge in [0.05, 0.1) is 6.04 Å². The van der Waals surface area contributed by atoms with Crippen LogP contribution in [0.15, 0.2) is 30.3 Å². The Morgan fingerprint density at radius 2 is 2.24 bits per heavy atom. The van der Waals surface area contributed by atoms with Gasteiger partial charge in [0, 0.05) is 6.04 Å². The zero-order valence-corrected chi connectivity index (χ0v) is 10.3. The summed E-state index contributed by atoms with van der Waals surface area (Å²) in [5, 5.41) is 6.28. The summed E-state index contributed by atoms with van der Waals surface area (Å²) in [5.41, 5.74) is 1.26. The minimum Gasteiger partial charge on any atom is -0.352 e. The summed E-state index contributed by atoms with van der Waals surface area (Å²) < 4.78 is 0. The van der Waals surface area contributed by atoms with E-state index in [0.29, 0.717) is 0 Å². The molecular weight excluding hydrogens is 212 g/mol. The van der Waals surface area contributed by atoms with Gasteiger partial charge in [0.15, 0.2) is 0 Å². The van der Waals surface area contributed by atoms with Crippen LogP contribution in [0.1, 0.15) is 25.3 Å². The summed E-state index contributed by atoms with van der Waals surface area (Å²) in [6, 6.07) is 10.5. The van der Waals surface area contributed by atoms with Crippen LogP contribution in [0.4, 0.5) is 0 Å². The number of rotatable bonds is 4. The van der Waals surface area contributed by atoms with Gasteiger partial charge in [0.25, 0.3) is 0 Å². The quantitative estimate of drug-likeness (QED) is 0.825. The number of nitrogens with one attached hydrogen (secondary N) is 2. The molecule has 1 aromatic carbocycles. The second-order valence-corrected chi connectivity index (χ2v) is 4.75. The van der Waals surface area contributed by atoms with E-state index < -0.39 is 0 Å². The molecule has 1 aliphatic rings. The molecular formula is C14H20N2O. The number of hydrogen-bond acceptors (Lipinski definition) is 2. The molecule has 2 atom stereocenters. The van der Waals surface area contributed by atoms with Gasteiger partial charge in [-0.3, -0.25) is 4.79 Å². The molecule has 1 saturated heterocycles. The lowest BCUT2D eigenvalue weighted by Gasteiger charge is -2.17. The van der Waals surface area contributed by atoms with Crippen LogP contribution in [-0.4, -0.2) is 24.5 Å². The van der Waals surface area contributed by atoms with Crippen LogP contribution in [-0.2, 0) is 11.2 Å². The van der Waals surface area contributed by atoms with Crippen LogP contribution in [0.5, 0.6) is 0 Å². The van der Waals surface area contributed by atoms with Crippen LogP contribution in [0, 0.1) is 0 Å². The summed E-state index contributed by atoms with van der Waals surface area (Å²) in [4.78, 5) is 11.9. The number of amides is 1. The lowest BCUT2D eigenvalue weighted by molar-refractivity contribution is -0.123. The average Bonchev–Trinajstić information content (AvgIpc) is 2.83. The number of carbonyl (C=O) groups is 1. The normalized spacial score (nSPS) is 21.1. The molecule has 0 aliphatic carbocycles. The van der Waals surface area contributed by atoms with E-state index in [4.69, 9.17) is 0 Å². The Morgan fingerprint density at radius 3 is 2.88 bits per heavy atom. The molecule has 1 amide bonds. The molecule has 3 heteroatoms. The fourth-order valence-corrected chi connectivity index (χ4v) is 2.27. The lowest BCUT2D eigenvalue weighted by atomic mass is 10.1. The van der Waals surface area contributed by atoms with Crippen molar-refractivity contribution >= 4 is 5.91 Å². The maximum atomic E-state index is 11.9. The Hall–Kier alpha value is -1.35. The molecule has 92 valence electrons. The molecule has 0 saturated carbocycles. The van der Waals surface area contributed by atoms with Crippen LogP contribution in [0.3, 0.4) is 0 Å². The highest BCUT2D eigenvalue weighted by Gasteiger charge is 2.22. The maximum Gasteiger partial charge on any atom is 0.237 e. The second-order valence-electron chi connectivity index (χ2n) is 4.75. The predicted molar refractivity (Wildman–Crippen MR) is 68.8 cm³/mol. The molecule has 1 heterocycles. The van der Waals surface area contributed by atoms with Gasteiger partial charge in [-0.25, -0.2) is 0 Å². The fourth-order valence-electron chi connectivity index (χ4n) is 2.27. The monoisotopic (exact) mass is 232 g/mol. The van der Waals surface area contributed by atoms with Gasteiger partial charge >= 0.3 is 0 Å². The Morgan fingerprint density at radius 1 is 1.47 bits per heavy atom. The van der Waals surface area contributed by atoms with Gasteiger partial charge in [0.2, 0.25) is 5.91 Å². The highest BCUT2D eigenvalue weighted by molar-refractivity contribution is 5.82. The standard InChI is InChI=1S/C14H20N2O/c1-11(10-12-6-3-2-4-7-12)16-14(17)13-8-5-9-15-13/h2-4,6-7,11,13,15H,5,8-10H2,1H3,(H,16,17). The number of hydrogen-bond donors (Lipinski definition) is 2. The Bertz CT molecular complexity index is 358. The van der Waals surface area contributed by atoms with E-state index in [-0.39, 0.29) is 18.0 Å². The van der Waals surface area contributed by atoms with E-state index in [1.54, 1.807) is 0 Å². The van der Waals surface area contributed by atoms with Crippen molar-refractivity contribution in [2.24, 2.45) is 0 Å². The summed E-state index contributed by atoms with van der Waals surface area (Å²) in [6.07, 6.45) is 2.95. The first-order valence-corrected chi connectivity index (χ1v) is 6.33. The van der Waals surface area contributed by atoms with Crippen LogP contribution < -0.4 is 10.6 Å². The zero-order valence-electron chi connectivity index (χ0n) is 10.3. The first-order valence-electron chi connectivity index (χ1n) is 6.33. The van der Waals surface area contributed by atoms with Gasteiger partial charge in [-0.2, -0.15) is 0 Å². The Labute approximate surface area is 103 Å². The third-order valence-corrected chi connectivity index (χ3v) is 3.15. The third-order valence-electron chi connectivity index (χ3n) is 3.15. The Kier molecular flexibility index (Phi) is 4.15. The van der Waals surface area contributed by atoms with Crippen molar-refractivity contribution in [1.82, 2.24) is 10.6 Å². The van der Waals surface area contributed by atoms with E-state index in [1.165, 1.54) is 5.56 Å². The first kappa shape index (κ1) is 12.1. The van der Waals surface area contributed by atoms with Gasteiger partial charge in [-0.1, -0.05) is 30.3 Å². The molecule has 17 heavy (non-hydrogen) atoms. The maximum absolute atomic E-state index is 11.9. The van der Waals surface area contributed by atoms with Crippen LogP contribution in [0.2, 0.25) is 0 Å². The molecule has 0 spiro atoms. The van der Waals surface area contributed by atoms with E-state index in [0.717, 1.165) is 25.8 Å². The van der Waals surface area contributed by atoms with Crippen molar-refractivity contribution in [2.75, 3.05) is 6.54 Å². The lowest BCUT2D eigenvalue weighted by Crippen LogP contribution is -2.44. The highest BCUT2D eigenvalue weighted by atomic mass is 16.2. The largest absolute Gasteiger partial charge is 0.352 e. The minimum absolute atomic E-state index is 0.0215. The number of benzene rings is 1. The summed E-state index contributed by atoms with van der Waals surface area (Å²) in [6.45, 7) is 3.02. The van der Waals surface area contributed by atoms with Crippen molar-refractivity contribution in [2.45, 2.75) is 38.3 Å². The molecule has 1 aliphatic heterocycles. The average molecular weight is 232 g/mol. The molecule has 2 N–H and O–H groups in total. The van der Waals surface area contributed by atoms with Crippen molar-refractivity contribution < 1.29 is 4.79 Å². The van der Waals surface area contributed by atoms with E-state index >= 15 is 0 Å². The van der Waals surface area contributed by atoms with E-state index in [9.17, 15) is 4.79 Å². The summed E-state index contributed by atoms with van der Waals surface area (Å²) in [5.74, 6) is 0.144. The van der Waals surface area contributed by atoms with Crippen molar-refractivity contribution in [3.63, 3.8) is 0 Å². The Balaban J connectivity index is 1.80. The molecule has 0 bridgehead atoms. The van der Waals surface area contributed by atoms with Crippen molar-refractivity contribution in [3.05, 3.63) is 35.9 Å². The summed E-state index contributed by atoms with van der Waals surface area (Å²) in [7, 11) is 0. The second kappa shape index (κ2) is 5.82. The molecule has 2 rings (SSSR count). The van der Waals surface area contributed by atoms with Gasteiger partial charge in [-0.05, 0) is 38.3 Å². The summed E-state index contributed by atoms with van der Waals surface area (Å²) >= 11 is 0. The molecule has 1 fully saturated rings. The molecule has 1 aromatic rings.